The van der Waals surface area contributed by atoms with Gasteiger partial charge in [0.2, 0.25) is 0 Å². The first-order valence-corrected chi connectivity index (χ1v) is 6.14. The lowest BCUT2D eigenvalue weighted by Gasteiger charge is -2.23. The predicted molar refractivity (Wildman–Crippen MR) is 68.5 cm³/mol. The quantitative estimate of drug-likeness (QED) is 0.666. The summed E-state index contributed by atoms with van der Waals surface area (Å²) in [6.07, 6.45) is 1.25. The average Bonchev–Trinajstić information content (AvgIpc) is 2.15. The number of rotatable bonds is 4. The van der Waals surface area contributed by atoms with Crippen LogP contribution in [0.1, 0.15) is 45.6 Å². The van der Waals surface area contributed by atoms with Crippen molar-refractivity contribution in [2.24, 2.45) is 11.8 Å². The van der Waals surface area contributed by atoms with Gasteiger partial charge >= 0.3 is 0 Å². The lowest BCUT2D eigenvalue weighted by molar-refractivity contribution is 0.408. The summed E-state index contributed by atoms with van der Waals surface area (Å²) in [5.41, 5.74) is 1.42. The van der Waals surface area contributed by atoms with E-state index in [-0.39, 0.29) is 0 Å². The zero-order valence-corrected chi connectivity index (χ0v) is 10.9. The predicted octanol–water partition coefficient (Wildman–Crippen LogP) is 5.13. The summed E-state index contributed by atoms with van der Waals surface area (Å²) >= 11 is 5.90. The van der Waals surface area contributed by atoms with Gasteiger partial charge in [-0.1, -0.05) is 51.4 Å². The van der Waals surface area contributed by atoms with Crippen molar-refractivity contribution in [3.05, 3.63) is 34.9 Å². The van der Waals surface area contributed by atoms with Crippen LogP contribution in [0.3, 0.4) is 0 Å². The average molecular weight is 225 g/mol. The Hall–Kier alpha value is -0.490. The van der Waals surface area contributed by atoms with Gasteiger partial charge in [-0.3, -0.25) is 0 Å². The van der Waals surface area contributed by atoms with Crippen LogP contribution in [0.25, 0.3) is 0 Å². The third-order valence-electron chi connectivity index (χ3n) is 2.83. The van der Waals surface area contributed by atoms with Crippen molar-refractivity contribution in [3.8, 4) is 0 Å². The van der Waals surface area contributed by atoms with E-state index in [1.807, 2.05) is 12.1 Å². The zero-order valence-electron chi connectivity index (χ0n) is 10.1. The Morgan fingerprint density at radius 1 is 1.00 bits per heavy atom. The highest BCUT2D eigenvalue weighted by atomic mass is 35.5. The van der Waals surface area contributed by atoms with Crippen LogP contribution >= 0.6 is 11.6 Å². The summed E-state index contributed by atoms with van der Waals surface area (Å²) in [5.74, 6) is 2.09. The first-order valence-electron chi connectivity index (χ1n) is 5.76. The molecule has 0 nitrogen and oxygen atoms in total. The van der Waals surface area contributed by atoms with Crippen molar-refractivity contribution in [1.29, 1.82) is 0 Å². The molecule has 0 bridgehead atoms. The monoisotopic (exact) mass is 224 g/mol. The number of hydrogen-bond acceptors (Lipinski definition) is 0. The van der Waals surface area contributed by atoms with Crippen LogP contribution in [0.15, 0.2) is 24.3 Å². The highest BCUT2D eigenvalue weighted by Gasteiger charge is 2.16. The smallest absolute Gasteiger partial charge is 0.0406 e. The van der Waals surface area contributed by atoms with E-state index in [1.54, 1.807) is 0 Å². The molecule has 0 heterocycles. The zero-order chi connectivity index (χ0) is 11.4. The number of hydrogen-bond donors (Lipinski definition) is 0. The molecule has 0 aromatic heterocycles. The molecule has 1 heteroatoms. The van der Waals surface area contributed by atoms with E-state index in [1.165, 1.54) is 12.0 Å². The molecule has 1 atom stereocenters. The molecule has 0 aliphatic carbocycles. The van der Waals surface area contributed by atoms with Crippen LogP contribution in [0, 0.1) is 11.8 Å². The van der Waals surface area contributed by atoms with Gasteiger partial charge in [-0.05, 0) is 41.9 Å². The van der Waals surface area contributed by atoms with Gasteiger partial charge in [-0.15, -0.1) is 0 Å². The molecule has 0 aliphatic rings. The van der Waals surface area contributed by atoms with Crippen molar-refractivity contribution in [2.45, 2.75) is 40.0 Å². The normalized spacial score (nSPS) is 13.5. The molecule has 0 saturated heterocycles. The van der Waals surface area contributed by atoms with Crippen molar-refractivity contribution in [2.75, 3.05) is 0 Å². The van der Waals surface area contributed by atoms with Gasteiger partial charge < -0.3 is 0 Å². The van der Waals surface area contributed by atoms with E-state index in [2.05, 4.69) is 39.8 Å². The standard InChI is InChI=1S/C14H21Cl/c1-10(2)9-14(11(3)4)12-5-7-13(15)8-6-12/h5-8,10-11,14H,9H2,1-4H3. The third kappa shape index (κ3) is 3.87. The summed E-state index contributed by atoms with van der Waals surface area (Å²) in [5, 5.41) is 0.825. The topological polar surface area (TPSA) is 0 Å². The summed E-state index contributed by atoms with van der Waals surface area (Å²) in [6, 6.07) is 8.31. The molecule has 0 amide bonds. The molecule has 0 fully saturated rings. The van der Waals surface area contributed by atoms with Gasteiger partial charge in [0.15, 0.2) is 0 Å². The van der Waals surface area contributed by atoms with Crippen LogP contribution in [-0.2, 0) is 0 Å². The highest BCUT2D eigenvalue weighted by molar-refractivity contribution is 6.30. The molecule has 0 radical (unpaired) electrons. The van der Waals surface area contributed by atoms with E-state index in [0.29, 0.717) is 11.8 Å². The Bertz CT molecular complexity index is 285. The Morgan fingerprint density at radius 3 is 1.93 bits per heavy atom. The molecule has 1 aromatic carbocycles. The van der Waals surface area contributed by atoms with Gasteiger partial charge in [0.05, 0.1) is 0 Å². The van der Waals surface area contributed by atoms with Crippen molar-refractivity contribution in [1.82, 2.24) is 0 Å². The highest BCUT2D eigenvalue weighted by Crippen LogP contribution is 2.31. The Kier molecular flexibility index (Phi) is 4.66. The second kappa shape index (κ2) is 5.55. The van der Waals surface area contributed by atoms with Crippen LogP contribution < -0.4 is 0 Å². The summed E-state index contributed by atoms with van der Waals surface area (Å²) in [4.78, 5) is 0. The minimum Gasteiger partial charge on any atom is -0.0843 e. The largest absolute Gasteiger partial charge is 0.0843 e. The molecule has 0 aliphatic heterocycles. The van der Waals surface area contributed by atoms with Crippen LogP contribution in [0.5, 0.6) is 0 Å². The SMILES string of the molecule is CC(C)CC(c1ccc(Cl)cc1)C(C)C. The van der Waals surface area contributed by atoms with E-state index in [9.17, 15) is 0 Å². The fourth-order valence-corrected chi connectivity index (χ4v) is 2.14. The van der Waals surface area contributed by atoms with Gasteiger partial charge in [0.25, 0.3) is 0 Å². The van der Waals surface area contributed by atoms with E-state index < -0.39 is 0 Å². The maximum absolute atomic E-state index is 5.90. The maximum Gasteiger partial charge on any atom is 0.0406 e. The second-order valence-corrected chi connectivity index (χ2v) is 5.47. The summed E-state index contributed by atoms with van der Waals surface area (Å²) in [6.45, 7) is 9.15. The fourth-order valence-electron chi connectivity index (χ4n) is 2.01. The molecule has 1 aromatic rings. The van der Waals surface area contributed by atoms with E-state index >= 15 is 0 Å². The minimum absolute atomic E-state index is 0.655. The lowest BCUT2D eigenvalue weighted by Crippen LogP contribution is -2.09. The minimum atomic E-state index is 0.655. The van der Waals surface area contributed by atoms with Crippen LogP contribution in [0.2, 0.25) is 5.02 Å². The molecular formula is C14H21Cl. The Labute approximate surface area is 98.7 Å². The van der Waals surface area contributed by atoms with Crippen LogP contribution in [-0.4, -0.2) is 0 Å². The third-order valence-corrected chi connectivity index (χ3v) is 3.08. The summed E-state index contributed by atoms with van der Waals surface area (Å²) < 4.78 is 0. The fraction of sp³-hybridized carbons (Fsp3) is 0.571. The van der Waals surface area contributed by atoms with E-state index in [4.69, 9.17) is 11.6 Å². The molecule has 0 N–H and O–H groups in total. The molecular weight excluding hydrogens is 204 g/mol. The maximum atomic E-state index is 5.90. The van der Waals surface area contributed by atoms with Crippen molar-refractivity contribution in [3.63, 3.8) is 0 Å². The van der Waals surface area contributed by atoms with Gasteiger partial charge in [-0.25, -0.2) is 0 Å². The first kappa shape index (κ1) is 12.6. The van der Waals surface area contributed by atoms with Crippen molar-refractivity contribution >= 4 is 11.6 Å². The number of benzene rings is 1. The van der Waals surface area contributed by atoms with Gasteiger partial charge in [0.1, 0.15) is 0 Å². The molecule has 0 saturated carbocycles. The van der Waals surface area contributed by atoms with Gasteiger partial charge in [0, 0.05) is 5.02 Å². The molecule has 84 valence electrons. The number of halogens is 1. The summed E-state index contributed by atoms with van der Waals surface area (Å²) in [7, 11) is 0. The van der Waals surface area contributed by atoms with Crippen molar-refractivity contribution < 1.29 is 0 Å². The van der Waals surface area contributed by atoms with E-state index in [0.717, 1.165) is 10.9 Å². The lowest BCUT2D eigenvalue weighted by atomic mass is 9.82. The second-order valence-electron chi connectivity index (χ2n) is 5.03. The van der Waals surface area contributed by atoms with Gasteiger partial charge in [-0.2, -0.15) is 0 Å². The molecule has 1 rings (SSSR count). The molecule has 0 spiro atoms. The first-order chi connectivity index (χ1) is 7.00. The Morgan fingerprint density at radius 2 is 1.53 bits per heavy atom. The molecule has 15 heavy (non-hydrogen) atoms. The molecule has 1 unspecified atom stereocenters. The van der Waals surface area contributed by atoms with Crippen LogP contribution in [0.4, 0.5) is 0 Å². The Balaban J connectivity index is 2.84.